The minimum atomic E-state index is 0.377. The van der Waals surface area contributed by atoms with Crippen molar-refractivity contribution >= 4 is 0 Å². The van der Waals surface area contributed by atoms with Gasteiger partial charge in [0.1, 0.15) is 11.5 Å². The van der Waals surface area contributed by atoms with E-state index in [4.69, 9.17) is 14.2 Å². The van der Waals surface area contributed by atoms with Gasteiger partial charge in [0, 0.05) is 25.8 Å². The second kappa shape index (κ2) is 7.95. The predicted octanol–water partition coefficient (Wildman–Crippen LogP) is 1.87. The Balaban J connectivity index is 2.60. The van der Waals surface area contributed by atoms with Crippen LogP contribution in [0.1, 0.15) is 12.5 Å². The highest BCUT2D eigenvalue weighted by atomic mass is 16.5. The van der Waals surface area contributed by atoms with Crippen molar-refractivity contribution in [1.82, 2.24) is 5.32 Å². The first-order valence-corrected chi connectivity index (χ1v) is 6.14. The molecule has 4 nitrogen and oxygen atoms in total. The lowest BCUT2D eigenvalue weighted by Gasteiger charge is -2.16. The van der Waals surface area contributed by atoms with Crippen molar-refractivity contribution < 1.29 is 14.2 Å². The summed E-state index contributed by atoms with van der Waals surface area (Å²) >= 11 is 0. The van der Waals surface area contributed by atoms with Crippen molar-refractivity contribution in [3.05, 3.63) is 23.8 Å². The van der Waals surface area contributed by atoms with E-state index < -0.39 is 0 Å². The molecule has 1 aromatic rings. The highest BCUT2D eigenvalue weighted by Crippen LogP contribution is 2.25. The molecule has 1 N–H and O–H groups in total. The molecule has 0 aliphatic carbocycles. The molecule has 0 saturated heterocycles. The molecule has 102 valence electrons. The third-order valence-electron chi connectivity index (χ3n) is 2.82. The average Bonchev–Trinajstić information content (AvgIpc) is 2.39. The van der Waals surface area contributed by atoms with Gasteiger partial charge in [0.15, 0.2) is 0 Å². The van der Waals surface area contributed by atoms with Crippen molar-refractivity contribution in [1.29, 1.82) is 0 Å². The maximum atomic E-state index is 5.38. The molecule has 1 atom stereocenters. The van der Waals surface area contributed by atoms with Crippen LogP contribution in [0.4, 0.5) is 0 Å². The molecule has 0 radical (unpaired) electrons. The van der Waals surface area contributed by atoms with E-state index in [1.54, 1.807) is 21.3 Å². The standard InChI is InChI=1S/C14H23NO3/c1-11(15-7-8-16-2)9-12-5-6-13(17-3)10-14(12)18-4/h5-6,10-11,15H,7-9H2,1-4H3. The van der Waals surface area contributed by atoms with E-state index in [0.29, 0.717) is 6.04 Å². The van der Waals surface area contributed by atoms with E-state index in [9.17, 15) is 0 Å². The van der Waals surface area contributed by atoms with Crippen LogP contribution in [0.15, 0.2) is 18.2 Å². The second-order valence-corrected chi connectivity index (χ2v) is 4.23. The summed E-state index contributed by atoms with van der Waals surface area (Å²) in [6.45, 7) is 3.74. The molecule has 0 spiro atoms. The fourth-order valence-electron chi connectivity index (χ4n) is 1.83. The van der Waals surface area contributed by atoms with E-state index in [1.165, 1.54) is 5.56 Å². The lowest BCUT2D eigenvalue weighted by atomic mass is 10.1. The van der Waals surface area contributed by atoms with Crippen molar-refractivity contribution in [3.63, 3.8) is 0 Å². The Bertz CT molecular complexity index is 355. The number of hydrogen-bond donors (Lipinski definition) is 1. The first-order valence-electron chi connectivity index (χ1n) is 6.14. The van der Waals surface area contributed by atoms with E-state index in [2.05, 4.69) is 12.2 Å². The van der Waals surface area contributed by atoms with Crippen LogP contribution in [0.5, 0.6) is 11.5 Å². The van der Waals surface area contributed by atoms with Crippen LogP contribution in [-0.4, -0.2) is 40.5 Å². The van der Waals surface area contributed by atoms with Gasteiger partial charge in [-0.2, -0.15) is 0 Å². The summed E-state index contributed by atoms with van der Waals surface area (Å²) in [6.07, 6.45) is 0.914. The monoisotopic (exact) mass is 253 g/mol. The van der Waals surface area contributed by atoms with Gasteiger partial charge in [-0.3, -0.25) is 0 Å². The molecule has 0 aliphatic heterocycles. The highest BCUT2D eigenvalue weighted by Gasteiger charge is 2.09. The van der Waals surface area contributed by atoms with Crippen LogP contribution in [-0.2, 0) is 11.2 Å². The number of hydrogen-bond acceptors (Lipinski definition) is 4. The summed E-state index contributed by atoms with van der Waals surface area (Å²) in [5.74, 6) is 1.69. The zero-order valence-corrected chi connectivity index (χ0v) is 11.7. The smallest absolute Gasteiger partial charge is 0.125 e. The van der Waals surface area contributed by atoms with E-state index >= 15 is 0 Å². The van der Waals surface area contributed by atoms with Crippen LogP contribution in [0.25, 0.3) is 0 Å². The number of methoxy groups -OCH3 is 3. The molecular formula is C14H23NO3. The maximum absolute atomic E-state index is 5.38. The van der Waals surface area contributed by atoms with E-state index in [0.717, 1.165) is 31.1 Å². The summed E-state index contributed by atoms with van der Waals surface area (Å²) in [4.78, 5) is 0. The molecule has 0 bridgehead atoms. The Labute approximate surface area is 109 Å². The Morgan fingerprint density at radius 1 is 1.17 bits per heavy atom. The molecule has 0 heterocycles. The Morgan fingerprint density at radius 3 is 2.56 bits per heavy atom. The molecule has 1 unspecified atom stereocenters. The fraction of sp³-hybridized carbons (Fsp3) is 0.571. The van der Waals surface area contributed by atoms with Gasteiger partial charge in [-0.05, 0) is 25.0 Å². The summed E-state index contributed by atoms with van der Waals surface area (Å²) in [5, 5.41) is 3.40. The molecule has 0 aliphatic rings. The first kappa shape index (κ1) is 14.8. The zero-order valence-electron chi connectivity index (χ0n) is 11.7. The van der Waals surface area contributed by atoms with Crippen LogP contribution < -0.4 is 14.8 Å². The first-order chi connectivity index (χ1) is 8.71. The van der Waals surface area contributed by atoms with Gasteiger partial charge in [-0.15, -0.1) is 0 Å². The van der Waals surface area contributed by atoms with Gasteiger partial charge in [0.25, 0.3) is 0 Å². The molecular weight excluding hydrogens is 230 g/mol. The molecule has 4 heteroatoms. The second-order valence-electron chi connectivity index (χ2n) is 4.23. The Hall–Kier alpha value is -1.26. The normalized spacial score (nSPS) is 12.2. The number of benzene rings is 1. The molecule has 18 heavy (non-hydrogen) atoms. The lowest BCUT2D eigenvalue weighted by Crippen LogP contribution is -2.31. The van der Waals surface area contributed by atoms with Crippen LogP contribution in [0, 0.1) is 0 Å². The predicted molar refractivity (Wildman–Crippen MR) is 72.6 cm³/mol. The van der Waals surface area contributed by atoms with Crippen LogP contribution in [0.2, 0.25) is 0 Å². The highest BCUT2D eigenvalue weighted by molar-refractivity contribution is 5.41. The van der Waals surface area contributed by atoms with Gasteiger partial charge in [-0.25, -0.2) is 0 Å². The van der Waals surface area contributed by atoms with Gasteiger partial charge < -0.3 is 19.5 Å². The molecule has 0 amide bonds. The van der Waals surface area contributed by atoms with Crippen LogP contribution in [0.3, 0.4) is 0 Å². The SMILES string of the molecule is COCCNC(C)Cc1ccc(OC)cc1OC. The van der Waals surface area contributed by atoms with Crippen molar-refractivity contribution in [2.24, 2.45) is 0 Å². The van der Waals surface area contributed by atoms with Gasteiger partial charge in [0.05, 0.1) is 20.8 Å². The Kier molecular flexibility index (Phi) is 6.54. The minimum Gasteiger partial charge on any atom is -0.497 e. The lowest BCUT2D eigenvalue weighted by molar-refractivity contribution is 0.196. The molecule has 0 saturated carbocycles. The summed E-state index contributed by atoms with van der Waals surface area (Å²) in [7, 11) is 5.05. The van der Waals surface area contributed by atoms with Crippen LogP contribution >= 0.6 is 0 Å². The number of rotatable bonds is 8. The molecule has 1 rings (SSSR count). The molecule has 0 aromatic heterocycles. The topological polar surface area (TPSA) is 39.7 Å². The third-order valence-corrected chi connectivity index (χ3v) is 2.82. The third kappa shape index (κ3) is 4.55. The molecule has 0 fully saturated rings. The number of ether oxygens (including phenoxy) is 3. The van der Waals surface area contributed by atoms with Crippen molar-refractivity contribution in [3.8, 4) is 11.5 Å². The van der Waals surface area contributed by atoms with Gasteiger partial charge in [0.2, 0.25) is 0 Å². The van der Waals surface area contributed by atoms with Gasteiger partial charge >= 0.3 is 0 Å². The fourth-order valence-corrected chi connectivity index (χ4v) is 1.83. The summed E-state index contributed by atoms with van der Waals surface area (Å²) in [6, 6.07) is 6.30. The zero-order chi connectivity index (χ0) is 13.4. The molecule has 1 aromatic carbocycles. The van der Waals surface area contributed by atoms with E-state index in [-0.39, 0.29) is 0 Å². The largest absolute Gasteiger partial charge is 0.497 e. The maximum Gasteiger partial charge on any atom is 0.125 e. The summed E-state index contributed by atoms with van der Waals surface area (Å²) < 4.78 is 15.6. The van der Waals surface area contributed by atoms with Crippen molar-refractivity contribution in [2.45, 2.75) is 19.4 Å². The summed E-state index contributed by atoms with van der Waals surface area (Å²) in [5.41, 5.74) is 1.18. The Morgan fingerprint density at radius 2 is 1.94 bits per heavy atom. The van der Waals surface area contributed by atoms with E-state index in [1.807, 2.05) is 18.2 Å². The van der Waals surface area contributed by atoms with Crippen molar-refractivity contribution in [2.75, 3.05) is 34.5 Å². The quantitative estimate of drug-likeness (QED) is 0.718. The number of nitrogens with one attached hydrogen (secondary N) is 1. The minimum absolute atomic E-state index is 0.377. The average molecular weight is 253 g/mol. The van der Waals surface area contributed by atoms with Gasteiger partial charge in [-0.1, -0.05) is 6.07 Å².